The monoisotopic (exact) mass is 567 g/mol. The van der Waals surface area contributed by atoms with Crippen molar-refractivity contribution in [3.8, 4) is 56.4 Å². The summed E-state index contributed by atoms with van der Waals surface area (Å²) in [5.41, 5.74) is 7.56. The first-order valence-corrected chi connectivity index (χ1v) is 15.1. The van der Waals surface area contributed by atoms with Crippen LogP contribution in [-0.2, 0) is 0 Å². The minimum atomic E-state index is 0.654. The molecule has 0 radical (unpaired) electrons. The Hall–Kier alpha value is -5.45. The second-order valence-corrected chi connectivity index (χ2v) is 11.6. The fraction of sp³-hybridized carbons (Fsp3) is 0. The summed E-state index contributed by atoms with van der Waals surface area (Å²) in [4.78, 5) is 15.3. The maximum Gasteiger partial charge on any atom is 0.164 e. The Kier molecular flexibility index (Phi) is 6.32. The molecule has 202 valence electrons. The molecule has 0 N–H and O–H groups in total. The molecule has 0 aliphatic heterocycles. The van der Waals surface area contributed by atoms with Gasteiger partial charge in [0.25, 0.3) is 0 Å². The lowest BCUT2D eigenvalue weighted by molar-refractivity contribution is 1.08. The molecule has 0 fully saturated rings. The Bertz CT molecular complexity index is 2210. The van der Waals surface area contributed by atoms with Gasteiger partial charge >= 0.3 is 0 Å². The van der Waals surface area contributed by atoms with Gasteiger partial charge in [-0.05, 0) is 40.5 Å². The topological polar surface area (TPSA) is 38.7 Å². The lowest BCUT2D eigenvalue weighted by Gasteiger charge is -2.12. The number of aromatic nitrogens is 3. The van der Waals surface area contributed by atoms with Crippen molar-refractivity contribution >= 4 is 31.5 Å². The quantitative estimate of drug-likeness (QED) is 0.208. The van der Waals surface area contributed by atoms with Gasteiger partial charge in [0, 0.05) is 36.9 Å². The van der Waals surface area contributed by atoms with Crippen molar-refractivity contribution in [1.29, 1.82) is 0 Å². The van der Waals surface area contributed by atoms with E-state index in [1.807, 2.05) is 35.6 Å². The van der Waals surface area contributed by atoms with E-state index in [4.69, 9.17) is 15.0 Å². The average Bonchev–Trinajstić information content (AvgIpc) is 3.47. The number of hydrogen-bond acceptors (Lipinski definition) is 4. The van der Waals surface area contributed by atoms with Gasteiger partial charge in [0.15, 0.2) is 17.5 Å². The molecule has 43 heavy (non-hydrogen) atoms. The van der Waals surface area contributed by atoms with Crippen LogP contribution in [0.3, 0.4) is 0 Å². The molecule has 0 saturated carbocycles. The van der Waals surface area contributed by atoms with E-state index >= 15 is 0 Å². The second-order valence-electron chi connectivity index (χ2n) is 10.5. The highest BCUT2D eigenvalue weighted by atomic mass is 32.1. The summed E-state index contributed by atoms with van der Waals surface area (Å²) in [6, 6.07) is 52.7. The van der Waals surface area contributed by atoms with Gasteiger partial charge in [0.1, 0.15) is 0 Å². The first-order chi connectivity index (χ1) is 21.3. The maximum absolute atomic E-state index is 5.16. The molecule has 2 heterocycles. The van der Waals surface area contributed by atoms with Gasteiger partial charge in [-0.2, -0.15) is 0 Å². The summed E-state index contributed by atoms with van der Waals surface area (Å²) in [5, 5.41) is 2.39. The molecular weight excluding hydrogens is 543 g/mol. The molecule has 0 spiro atoms. The Balaban J connectivity index is 1.37. The highest BCUT2D eigenvalue weighted by molar-refractivity contribution is 7.26. The molecule has 0 bridgehead atoms. The van der Waals surface area contributed by atoms with E-state index in [-0.39, 0.29) is 0 Å². The molecule has 0 atom stereocenters. The Morgan fingerprint density at radius 1 is 0.349 bits per heavy atom. The van der Waals surface area contributed by atoms with Gasteiger partial charge in [-0.1, -0.05) is 133 Å². The van der Waals surface area contributed by atoms with Crippen molar-refractivity contribution in [1.82, 2.24) is 15.0 Å². The first kappa shape index (κ1) is 25.3. The van der Waals surface area contributed by atoms with Gasteiger partial charge in [-0.25, -0.2) is 15.0 Å². The Morgan fingerprint density at radius 3 is 1.47 bits per heavy atom. The van der Waals surface area contributed by atoms with E-state index in [0.29, 0.717) is 17.5 Å². The molecule has 4 heteroatoms. The standard InChI is InChI=1S/C39H25N3S/c1-4-12-26(13-5-1)28-20-22-30(23-21-28)38-40-37(29-16-8-3-9-17-29)41-39(42-38)33-24-31(27-14-6-2-7-15-27)25-35-36(33)32-18-10-11-19-34(32)43-35/h1-25H. The van der Waals surface area contributed by atoms with Crippen LogP contribution in [-0.4, -0.2) is 15.0 Å². The third-order valence-electron chi connectivity index (χ3n) is 7.74. The van der Waals surface area contributed by atoms with Gasteiger partial charge in [-0.3, -0.25) is 0 Å². The number of rotatable bonds is 5. The predicted molar refractivity (Wildman–Crippen MR) is 180 cm³/mol. The van der Waals surface area contributed by atoms with Gasteiger partial charge in [0.05, 0.1) is 0 Å². The van der Waals surface area contributed by atoms with Crippen LogP contribution < -0.4 is 0 Å². The summed E-state index contributed by atoms with van der Waals surface area (Å²) in [7, 11) is 0. The second kappa shape index (κ2) is 10.8. The maximum atomic E-state index is 5.16. The molecule has 0 amide bonds. The zero-order chi connectivity index (χ0) is 28.6. The minimum Gasteiger partial charge on any atom is -0.208 e. The number of thiophene rings is 1. The molecule has 6 aromatic carbocycles. The molecule has 0 aliphatic rings. The molecule has 3 nitrogen and oxygen atoms in total. The zero-order valence-electron chi connectivity index (χ0n) is 23.2. The molecule has 8 rings (SSSR count). The summed E-state index contributed by atoms with van der Waals surface area (Å²) >= 11 is 1.81. The normalized spacial score (nSPS) is 11.3. The van der Waals surface area contributed by atoms with E-state index in [2.05, 4.69) is 127 Å². The highest BCUT2D eigenvalue weighted by Gasteiger charge is 2.18. The predicted octanol–water partition coefficient (Wildman–Crippen LogP) is 10.6. The fourth-order valence-electron chi connectivity index (χ4n) is 5.61. The molecular formula is C39H25N3S. The third kappa shape index (κ3) is 4.78. The van der Waals surface area contributed by atoms with E-state index < -0.39 is 0 Å². The number of nitrogens with zero attached hydrogens (tertiary/aromatic N) is 3. The van der Waals surface area contributed by atoms with Crippen molar-refractivity contribution in [2.24, 2.45) is 0 Å². The fourth-order valence-corrected chi connectivity index (χ4v) is 6.78. The lowest BCUT2D eigenvalue weighted by atomic mass is 9.98. The van der Waals surface area contributed by atoms with Gasteiger partial charge in [0.2, 0.25) is 0 Å². The van der Waals surface area contributed by atoms with Crippen LogP contribution in [0.25, 0.3) is 76.6 Å². The van der Waals surface area contributed by atoms with Crippen LogP contribution in [0.2, 0.25) is 0 Å². The molecule has 8 aromatic rings. The van der Waals surface area contributed by atoms with Gasteiger partial charge in [-0.15, -0.1) is 11.3 Å². The molecule has 2 aromatic heterocycles. The minimum absolute atomic E-state index is 0.654. The molecule has 0 aliphatic carbocycles. The number of hydrogen-bond donors (Lipinski definition) is 0. The van der Waals surface area contributed by atoms with E-state index in [0.717, 1.165) is 33.4 Å². The average molecular weight is 568 g/mol. The smallest absolute Gasteiger partial charge is 0.164 e. The lowest BCUT2D eigenvalue weighted by Crippen LogP contribution is -2.00. The van der Waals surface area contributed by atoms with Crippen LogP contribution in [0.1, 0.15) is 0 Å². The number of fused-ring (bicyclic) bond motifs is 3. The Labute approximate surface area is 253 Å². The largest absolute Gasteiger partial charge is 0.208 e. The SMILES string of the molecule is c1ccc(-c2ccc(-c3nc(-c4ccccc4)nc(-c4cc(-c5ccccc5)cc5sc6ccccc6c45)n3)cc2)cc1. The van der Waals surface area contributed by atoms with Crippen LogP contribution in [0.4, 0.5) is 0 Å². The zero-order valence-corrected chi connectivity index (χ0v) is 24.0. The Morgan fingerprint density at radius 2 is 0.814 bits per heavy atom. The van der Waals surface area contributed by atoms with Crippen molar-refractivity contribution in [2.45, 2.75) is 0 Å². The van der Waals surface area contributed by atoms with Crippen molar-refractivity contribution in [3.05, 3.63) is 152 Å². The first-order valence-electron chi connectivity index (χ1n) is 14.3. The van der Waals surface area contributed by atoms with Crippen LogP contribution in [0, 0.1) is 0 Å². The summed E-state index contributed by atoms with van der Waals surface area (Å²) in [5.74, 6) is 1.98. The van der Waals surface area contributed by atoms with Crippen molar-refractivity contribution < 1.29 is 0 Å². The van der Waals surface area contributed by atoms with E-state index in [1.54, 1.807) is 0 Å². The van der Waals surface area contributed by atoms with Crippen LogP contribution in [0.5, 0.6) is 0 Å². The van der Waals surface area contributed by atoms with E-state index in [1.165, 1.54) is 25.7 Å². The van der Waals surface area contributed by atoms with Crippen LogP contribution in [0.15, 0.2) is 152 Å². The number of benzene rings is 6. The molecule has 0 saturated heterocycles. The van der Waals surface area contributed by atoms with Gasteiger partial charge < -0.3 is 0 Å². The summed E-state index contributed by atoms with van der Waals surface area (Å²) in [6.45, 7) is 0. The van der Waals surface area contributed by atoms with Crippen molar-refractivity contribution in [3.63, 3.8) is 0 Å². The van der Waals surface area contributed by atoms with Crippen molar-refractivity contribution in [2.75, 3.05) is 0 Å². The van der Waals surface area contributed by atoms with E-state index in [9.17, 15) is 0 Å². The summed E-state index contributed by atoms with van der Waals surface area (Å²) in [6.07, 6.45) is 0. The van der Waals surface area contributed by atoms with Crippen LogP contribution >= 0.6 is 11.3 Å². The highest BCUT2D eigenvalue weighted by Crippen LogP contribution is 2.42. The third-order valence-corrected chi connectivity index (χ3v) is 8.86. The molecule has 0 unspecified atom stereocenters. The summed E-state index contributed by atoms with van der Waals surface area (Å²) < 4.78 is 2.46.